The van der Waals surface area contributed by atoms with Crippen molar-refractivity contribution in [1.82, 2.24) is 9.29 Å². The van der Waals surface area contributed by atoms with Gasteiger partial charge in [-0.05, 0) is 43.3 Å². The van der Waals surface area contributed by atoms with Gasteiger partial charge in [-0.25, -0.2) is 8.42 Å². The minimum Gasteiger partial charge on any atom is -0.379 e. The molecule has 9 heteroatoms. The zero-order valence-electron chi connectivity index (χ0n) is 17.0. The number of fused-ring (bicyclic) bond motifs is 1. The third-order valence-corrected chi connectivity index (χ3v) is 8.10. The van der Waals surface area contributed by atoms with Crippen molar-refractivity contribution in [3.05, 3.63) is 60.8 Å². The maximum atomic E-state index is 12.7. The van der Waals surface area contributed by atoms with E-state index in [4.69, 9.17) is 4.74 Å². The number of carbonyl (C=O) groups excluding carboxylic acids is 1. The number of anilines is 1. The fourth-order valence-corrected chi connectivity index (χ4v) is 5.70. The van der Waals surface area contributed by atoms with E-state index in [9.17, 15) is 13.2 Å². The molecule has 1 aromatic heterocycles. The average Bonchev–Trinajstić information content (AvgIpc) is 2.80. The molecule has 1 amide bonds. The molecule has 2 aromatic carbocycles. The highest BCUT2D eigenvalue weighted by Crippen LogP contribution is 2.30. The Morgan fingerprint density at radius 3 is 2.55 bits per heavy atom. The fraction of sp³-hybridized carbons (Fsp3) is 0.273. The molecular weight excluding hydrogens is 434 g/mol. The lowest BCUT2D eigenvalue weighted by molar-refractivity contribution is -0.115. The number of hydrogen-bond donors (Lipinski definition) is 1. The van der Waals surface area contributed by atoms with Crippen LogP contribution in [-0.2, 0) is 19.6 Å². The summed E-state index contributed by atoms with van der Waals surface area (Å²) in [5.41, 5.74) is 1.44. The van der Waals surface area contributed by atoms with Gasteiger partial charge in [0.15, 0.2) is 0 Å². The predicted octanol–water partition coefficient (Wildman–Crippen LogP) is 3.38. The Morgan fingerprint density at radius 1 is 1.10 bits per heavy atom. The van der Waals surface area contributed by atoms with Crippen LogP contribution >= 0.6 is 11.8 Å². The number of para-hydroxylation sites is 1. The second kappa shape index (κ2) is 9.35. The van der Waals surface area contributed by atoms with Crippen molar-refractivity contribution in [3.63, 3.8) is 0 Å². The van der Waals surface area contributed by atoms with Gasteiger partial charge in [0.1, 0.15) is 0 Å². The summed E-state index contributed by atoms with van der Waals surface area (Å²) in [5.74, 6) is -0.158. The van der Waals surface area contributed by atoms with Crippen LogP contribution < -0.4 is 5.32 Å². The number of sulfonamides is 1. The molecule has 0 aliphatic carbocycles. The number of amides is 1. The van der Waals surface area contributed by atoms with Crippen molar-refractivity contribution in [2.75, 3.05) is 31.6 Å². The highest BCUT2D eigenvalue weighted by Gasteiger charge is 2.26. The molecule has 31 heavy (non-hydrogen) atoms. The van der Waals surface area contributed by atoms with Gasteiger partial charge in [0, 0.05) is 35.3 Å². The van der Waals surface area contributed by atoms with E-state index < -0.39 is 10.0 Å². The van der Waals surface area contributed by atoms with E-state index in [1.165, 1.54) is 28.2 Å². The van der Waals surface area contributed by atoms with E-state index in [0.717, 1.165) is 15.8 Å². The maximum absolute atomic E-state index is 12.7. The number of ether oxygens (including phenoxy) is 1. The molecule has 3 aromatic rings. The molecule has 1 fully saturated rings. The zero-order valence-corrected chi connectivity index (χ0v) is 18.7. The monoisotopic (exact) mass is 457 g/mol. The second-order valence-corrected chi connectivity index (χ2v) is 10.4. The topological polar surface area (TPSA) is 88.6 Å². The number of rotatable bonds is 6. The van der Waals surface area contributed by atoms with Crippen LogP contribution in [0.1, 0.15) is 6.92 Å². The second-order valence-electron chi connectivity index (χ2n) is 7.12. The van der Waals surface area contributed by atoms with Crippen LogP contribution in [0.25, 0.3) is 10.9 Å². The Bertz CT molecular complexity index is 1170. The summed E-state index contributed by atoms with van der Waals surface area (Å²) in [6.07, 6.45) is 1.74. The van der Waals surface area contributed by atoms with Gasteiger partial charge < -0.3 is 10.1 Å². The summed E-state index contributed by atoms with van der Waals surface area (Å²) in [6.45, 7) is 3.33. The van der Waals surface area contributed by atoms with E-state index >= 15 is 0 Å². The van der Waals surface area contributed by atoms with Crippen molar-refractivity contribution < 1.29 is 17.9 Å². The molecule has 2 heterocycles. The number of thioether (sulfide) groups is 1. The number of aromatic nitrogens is 1. The summed E-state index contributed by atoms with van der Waals surface area (Å²) in [4.78, 5) is 18.2. The molecule has 0 spiro atoms. The molecule has 1 atom stereocenters. The normalized spacial score (nSPS) is 16.2. The highest BCUT2D eigenvalue weighted by molar-refractivity contribution is 8.00. The van der Waals surface area contributed by atoms with Crippen LogP contribution in [0.5, 0.6) is 0 Å². The van der Waals surface area contributed by atoms with Gasteiger partial charge in [0.05, 0.1) is 28.9 Å². The minimum absolute atomic E-state index is 0.158. The molecule has 1 aliphatic rings. The van der Waals surface area contributed by atoms with Crippen molar-refractivity contribution in [3.8, 4) is 0 Å². The third-order valence-electron chi connectivity index (χ3n) is 5.01. The molecule has 1 aliphatic heterocycles. The number of pyridine rings is 1. The average molecular weight is 458 g/mol. The number of carbonyl (C=O) groups is 1. The standard InChI is InChI=1S/C22H23N3O4S2/c1-16(30-21-10-11-23-20-5-3-2-4-19(20)21)22(26)24-17-6-8-18(9-7-17)31(27,28)25-12-14-29-15-13-25/h2-11,16H,12-15H2,1H3,(H,24,26). The maximum Gasteiger partial charge on any atom is 0.243 e. The van der Waals surface area contributed by atoms with Gasteiger partial charge in [-0.15, -0.1) is 11.8 Å². The molecule has 1 N–H and O–H groups in total. The Hall–Kier alpha value is -2.46. The van der Waals surface area contributed by atoms with E-state index in [-0.39, 0.29) is 16.1 Å². The van der Waals surface area contributed by atoms with Crippen LogP contribution in [0.3, 0.4) is 0 Å². The molecule has 0 saturated carbocycles. The predicted molar refractivity (Wildman–Crippen MR) is 122 cm³/mol. The Balaban J connectivity index is 1.42. The summed E-state index contributed by atoms with van der Waals surface area (Å²) in [5, 5.41) is 3.53. The van der Waals surface area contributed by atoms with Gasteiger partial charge >= 0.3 is 0 Å². The first kappa shape index (κ1) is 21.8. The summed E-state index contributed by atoms with van der Waals surface area (Å²) >= 11 is 1.46. The molecule has 162 valence electrons. The summed E-state index contributed by atoms with van der Waals surface area (Å²) < 4.78 is 32.1. The first-order valence-corrected chi connectivity index (χ1v) is 12.3. The van der Waals surface area contributed by atoms with Gasteiger partial charge in [-0.1, -0.05) is 18.2 Å². The molecule has 0 bridgehead atoms. The molecule has 7 nitrogen and oxygen atoms in total. The van der Waals surface area contributed by atoms with E-state index in [1.54, 1.807) is 18.3 Å². The van der Waals surface area contributed by atoms with Crippen LogP contribution in [0, 0.1) is 0 Å². The lowest BCUT2D eigenvalue weighted by Crippen LogP contribution is -2.40. The first-order valence-electron chi connectivity index (χ1n) is 9.94. The molecule has 1 saturated heterocycles. The van der Waals surface area contributed by atoms with Gasteiger partial charge in [0.2, 0.25) is 15.9 Å². The summed E-state index contributed by atoms with van der Waals surface area (Å²) in [6, 6.07) is 16.0. The van der Waals surface area contributed by atoms with Crippen molar-refractivity contribution in [1.29, 1.82) is 0 Å². The number of benzene rings is 2. The van der Waals surface area contributed by atoms with Gasteiger partial charge in [0.25, 0.3) is 0 Å². The van der Waals surface area contributed by atoms with E-state index in [0.29, 0.717) is 32.0 Å². The summed E-state index contributed by atoms with van der Waals surface area (Å²) in [7, 11) is -3.55. The Morgan fingerprint density at radius 2 is 1.81 bits per heavy atom. The lowest BCUT2D eigenvalue weighted by atomic mass is 10.2. The van der Waals surface area contributed by atoms with E-state index in [1.807, 2.05) is 37.3 Å². The fourth-order valence-electron chi connectivity index (χ4n) is 3.31. The highest BCUT2D eigenvalue weighted by atomic mass is 32.2. The largest absolute Gasteiger partial charge is 0.379 e. The number of nitrogens with zero attached hydrogens (tertiary/aromatic N) is 2. The van der Waals surface area contributed by atoms with Crippen LogP contribution in [0.2, 0.25) is 0 Å². The van der Waals surface area contributed by atoms with Crippen LogP contribution in [0.15, 0.2) is 70.6 Å². The van der Waals surface area contributed by atoms with Crippen molar-refractivity contribution >= 4 is 44.3 Å². The Kier molecular flexibility index (Phi) is 6.57. The van der Waals surface area contributed by atoms with Crippen LogP contribution in [0.4, 0.5) is 5.69 Å². The molecule has 0 radical (unpaired) electrons. The SMILES string of the molecule is CC(Sc1ccnc2ccccc12)C(=O)Nc1ccc(S(=O)(=O)N2CCOCC2)cc1. The zero-order chi connectivity index (χ0) is 21.8. The van der Waals surface area contributed by atoms with Crippen molar-refractivity contribution in [2.24, 2.45) is 0 Å². The molecule has 4 rings (SSSR count). The van der Waals surface area contributed by atoms with Crippen LogP contribution in [-0.4, -0.2) is 55.2 Å². The number of hydrogen-bond acceptors (Lipinski definition) is 6. The molecular formula is C22H23N3O4S2. The number of morpholine rings is 1. The van der Waals surface area contributed by atoms with E-state index in [2.05, 4.69) is 10.3 Å². The van der Waals surface area contributed by atoms with Gasteiger partial charge in [-0.2, -0.15) is 4.31 Å². The molecule has 1 unspecified atom stereocenters. The minimum atomic E-state index is -3.55. The Labute approximate surface area is 185 Å². The smallest absolute Gasteiger partial charge is 0.243 e. The quantitative estimate of drug-likeness (QED) is 0.571. The van der Waals surface area contributed by atoms with Gasteiger partial charge in [-0.3, -0.25) is 9.78 Å². The first-order chi connectivity index (χ1) is 14.9. The van der Waals surface area contributed by atoms with Crippen molar-refractivity contribution in [2.45, 2.75) is 22.0 Å². The third kappa shape index (κ3) is 4.90. The lowest BCUT2D eigenvalue weighted by Gasteiger charge is -2.26. The number of nitrogens with one attached hydrogen (secondary N) is 1.